The SMILES string of the molecule is CCCc1cc(C(=O)N2CCN(CC)[C@@H]3CS(=O)(=O)C[C@@H]32)n(C)n1. The molecule has 0 aromatic carbocycles. The largest absolute Gasteiger partial charge is 0.330 e. The van der Waals surface area contributed by atoms with Gasteiger partial charge in [-0.2, -0.15) is 5.10 Å². The van der Waals surface area contributed by atoms with Crippen LogP contribution < -0.4 is 0 Å². The molecule has 0 saturated carbocycles. The first-order valence-corrected chi connectivity index (χ1v) is 10.5. The number of fused-ring (bicyclic) bond motifs is 1. The molecule has 0 radical (unpaired) electrons. The average Bonchev–Trinajstić information content (AvgIpc) is 3.04. The fraction of sp³-hybridized carbons (Fsp3) is 0.750. The van der Waals surface area contributed by atoms with Crippen molar-refractivity contribution in [2.24, 2.45) is 7.05 Å². The molecule has 2 aliphatic rings. The van der Waals surface area contributed by atoms with Gasteiger partial charge < -0.3 is 4.90 Å². The van der Waals surface area contributed by atoms with E-state index in [1.807, 2.05) is 13.0 Å². The first-order valence-electron chi connectivity index (χ1n) is 8.64. The third-order valence-corrected chi connectivity index (χ3v) is 6.81. The van der Waals surface area contributed by atoms with Crippen molar-refractivity contribution in [3.8, 4) is 0 Å². The molecule has 134 valence electrons. The van der Waals surface area contributed by atoms with Crippen LogP contribution in [0, 0.1) is 0 Å². The number of aromatic nitrogens is 2. The van der Waals surface area contributed by atoms with Crippen LogP contribution in [0.2, 0.25) is 0 Å². The number of hydrogen-bond donors (Lipinski definition) is 0. The molecule has 1 aromatic rings. The topological polar surface area (TPSA) is 75.5 Å². The summed E-state index contributed by atoms with van der Waals surface area (Å²) in [5.74, 6) is 0.122. The Balaban J connectivity index is 1.87. The second-order valence-corrected chi connectivity index (χ2v) is 8.89. The zero-order valence-corrected chi connectivity index (χ0v) is 15.4. The van der Waals surface area contributed by atoms with Crippen LogP contribution >= 0.6 is 0 Å². The number of amides is 1. The van der Waals surface area contributed by atoms with E-state index in [0.717, 1.165) is 31.6 Å². The van der Waals surface area contributed by atoms with Gasteiger partial charge in [0.2, 0.25) is 0 Å². The van der Waals surface area contributed by atoms with Crippen molar-refractivity contribution in [3.05, 3.63) is 17.5 Å². The predicted molar refractivity (Wildman–Crippen MR) is 91.7 cm³/mol. The standard InChI is InChI=1S/C16H26N4O3S/c1-4-6-12-9-13(18(3)17-12)16(21)20-8-7-19(5-2)14-10-24(22,23)11-15(14)20/h9,14-15H,4-8,10-11H2,1-3H3/t14-,15+/m1/s1. The van der Waals surface area contributed by atoms with E-state index in [0.29, 0.717) is 12.2 Å². The maximum absolute atomic E-state index is 13.0. The fourth-order valence-electron chi connectivity index (χ4n) is 3.92. The molecule has 0 N–H and O–H groups in total. The number of carbonyl (C=O) groups is 1. The summed E-state index contributed by atoms with van der Waals surface area (Å²) in [7, 11) is -1.32. The maximum Gasteiger partial charge on any atom is 0.272 e. The zero-order chi connectivity index (χ0) is 17.5. The van der Waals surface area contributed by atoms with Crippen molar-refractivity contribution in [2.45, 2.75) is 38.8 Å². The van der Waals surface area contributed by atoms with Gasteiger partial charge in [-0.1, -0.05) is 20.3 Å². The highest BCUT2D eigenvalue weighted by molar-refractivity contribution is 7.91. The van der Waals surface area contributed by atoms with Crippen LogP contribution in [0.5, 0.6) is 0 Å². The Bertz CT molecular complexity index is 728. The van der Waals surface area contributed by atoms with Gasteiger partial charge in [-0.05, 0) is 19.0 Å². The quantitative estimate of drug-likeness (QED) is 0.778. The Morgan fingerprint density at radius 3 is 2.62 bits per heavy atom. The highest BCUT2D eigenvalue weighted by atomic mass is 32.2. The van der Waals surface area contributed by atoms with Gasteiger partial charge >= 0.3 is 0 Å². The summed E-state index contributed by atoms with van der Waals surface area (Å²) < 4.78 is 25.9. The smallest absolute Gasteiger partial charge is 0.272 e. The molecule has 0 aliphatic carbocycles. The molecule has 2 saturated heterocycles. The van der Waals surface area contributed by atoms with Gasteiger partial charge in [0.15, 0.2) is 9.84 Å². The minimum atomic E-state index is -3.09. The van der Waals surface area contributed by atoms with Crippen LogP contribution in [-0.4, -0.2) is 77.1 Å². The van der Waals surface area contributed by atoms with Gasteiger partial charge in [-0.3, -0.25) is 14.4 Å². The molecule has 2 aliphatic heterocycles. The molecule has 2 fully saturated rings. The van der Waals surface area contributed by atoms with Crippen molar-refractivity contribution in [2.75, 3.05) is 31.1 Å². The second kappa shape index (κ2) is 6.48. The lowest BCUT2D eigenvalue weighted by Gasteiger charge is -2.43. The summed E-state index contributed by atoms with van der Waals surface area (Å²) >= 11 is 0. The highest BCUT2D eigenvalue weighted by Gasteiger charge is 2.47. The van der Waals surface area contributed by atoms with E-state index in [9.17, 15) is 13.2 Å². The van der Waals surface area contributed by atoms with Gasteiger partial charge in [-0.15, -0.1) is 0 Å². The molecular weight excluding hydrogens is 328 g/mol. The number of piperazine rings is 1. The molecule has 0 unspecified atom stereocenters. The van der Waals surface area contributed by atoms with E-state index < -0.39 is 9.84 Å². The van der Waals surface area contributed by atoms with Crippen molar-refractivity contribution >= 4 is 15.7 Å². The van der Waals surface area contributed by atoms with Gasteiger partial charge in [0, 0.05) is 26.2 Å². The average molecular weight is 354 g/mol. The van der Waals surface area contributed by atoms with Crippen molar-refractivity contribution in [1.29, 1.82) is 0 Å². The molecule has 7 nitrogen and oxygen atoms in total. The first kappa shape index (κ1) is 17.4. The fourth-order valence-corrected chi connectivity index (χ4v) is 5.93. The van der Waals surface area contributed by atoms with E-state index in [1.54, 1.807) is 16.6 Å². The normalized spacial score (nSPS) is 26.5. The van der Waals surface area contributed by atoms with E-state index in [1.165, 1.54) is 0 Å². The van der Waals surface area contributed by atoms with Crippen LogP contribution in [0.1, 0.15) is 36.5 Å². The number of nitrogens with zero attached hydrogens (tertiary/aromatic N) is 4. The minimum absolute atomic E-state index is 0.0690. The van der Waals surface area contributed by atoms with Gasteiger partial charge in [0.1, 0.15) is 5.69 Å². The summed E-state index contributed by atoms with van der Waals surface area (Å²) in [6.07, 6.45) is 1.81. The summed E-state index contributed by atoms with van der Waals surface area (Å²) in [6, 6.07) is 1.51. The van der Waals surface area contributed by atoms with Crippen LogP contribution in [-0.2, 0) is 23.3 Å². The van der Waals surface area contributed by atoms with Crippen LogP contribution in [0.3, 0.4) is 0 Å². The molecule has 3 heterocycles. The number of likely N-dealkylation sites (N-methyl/N-ethyl adjacent to an activating group) is 1. The summed E-state index contributed by atoms with van der Waals surface area (Å²) in [6.45, 7) is 6.22. The Morgan fingerprint density at radius 1 is 1.25 bits per heavy atom. The number of carbonyl (C=O) groups excluding carboxylic acids is 1. The zero-order valence-electron chi connectivity index (χ0n) is 14.6. The number of aryl methyl sites for hydroxylation is 2. The van der Waals surface area contributed by atoms with E-state index >= 15 is 0 Å². The molecule has 8 heteroatoms. The van der Waals surface area contributed by atoms with E-state index in [-0.39, 0.29) is 29.5 Å². The molecular formula is C16H26N4O3S. The molecule has 0 bridgehead atoms. The Morgan fingerprint density at radius 2 is 1.96 bits per heavy atom. The summed E-state index contributed by atoms with van der Waals surface area (Å²) in [4.78, 5) is 17.0. The monoisotopic (exact) mass is 354 g/mol. The summed E-state index contributed by atoms with van der Waals surface area (Å²) in [5, 5.41) is 4.40. The van der Waals surface area contributed by atoms with Crippen molar-refractivity contribution in [1.82, 2.24) is 19.6 Å². The number of sulfone groups is 1. The van der Waals surface area contributed by atoms with Crippen molar-refractivity contribution < 1.29 is 13.2 Å². The molecule has 3 rings (SSSR count). The Labute approximate surface area is 143 Å². The van der Waals surface area contributed by atoms with E-state index in [4.69, 9.17) is 0 Å². The third-order valence-electron chi connectivity index (χ3n) is 5.11. The Hall–Kier alpha value is -1.41. The molecule has 1 amide bonds. The molecule has 2 atom stereocenters. The minimum Gasteiger partial charge on any atom is -0.330 e. The van der Waals surface area contributed by atoms with Gasteiger partial charge in [0.25, 0.3) is 5.91 Å². The van der Waals surface area contributed by atoms with E-state index in [2.05, 4.69) is 16.9 Å². The second-order valence-electron chi connectivity index (χ2n) is 6.73. The van der Waals surface area contributed by atoms with Crippen molar-refractivity contribution in [3.63, 3.8) is 0 Å². The lowest BCUT2D eigenvalue weighted by molar-refractivity contribution is 0.0340. The highest BCUT2D eigenvalue weighted by Crippen LogP contribution is 2.28. The number of rotatable bonds is 4. The van der Waals surface area contributed by atoms with Crippen LogP contribution in [0.15, 0.2) is 6.07 Å². The third kappa shape index (κ3) is 3.09. The lowest BCUT2D eigenvalue weighted by Crippen LogP contribution is -2.60. The number of hydrogen-bond acceptors (Lipinski definition) is 5. The molecule has 24 heavy (non-hydrogen) atoms. The lowest BCUT2D eigenvalue weighted by atomic mass is 10.0. The van der Waals surface area contributed by atoms with Crippen LogP contribution in [0.25, 0.3) is 0 Å². The molecule has 0 spiro atoms. The molecule has 1 aromatic heterocycles. The van der Waals surface area contributed by atoms with Gasteiger partial charge in [-0.25, -0.2) is 8.42 Å². The van der Waals surface area contributed by atoms with Gasteiger partial charge in [0.05, 0.1) is 23.2 Å². The first-order chi connectivity index (χ1) is 11.4. The predicted octanol–water partition coefficient (Wildman–Crippen LogP) is 0.316. The van der Waals surface area contributed by atoms with Crippen LogP contribution in [0.4, 0.5) is 0 Å². The Kier molecular flexibility index (Phi) is 4.70. The summed E-state index contributed by atoms with van der Waals surface area (Å²) in [5.41, 5.74) is 1.46. The maximum atomic E-state index is 13.0.